The Bertz CT molecular complexity index is 960. The summed E-state index contributed by atoms with van der Waals surface area (Å²) in [6.07, 6.45) is 2.70. The van der Waals surface area contributed by atoms with Gasteiger partial charge in [-0.05, 0) is 43.4 Å². The maximum absolute atomic E-state index is 12.4. The van der Waals surface area contributed by atoms with Crippen LogP contribution < -0.4 is 5.32 Å². The van der Waals surface area contributed by atoms with Gasteiger partial charge in [-0.15, -0.1) is 10.2 Å². The molecule has 0 saturated heterocycles. The summed E-state index contributed by atoms with van der Waals surface area (Å²) in [4.78, 5) is 12.4. The lowest BCUT2D eigenvalue weighted by atomic mass is 10.00. The van der Waals surface area contributed by atoms with E-state index < -0.39 is 0 Å². The van der Waals surface area contributed by atoms with Gasteiger partial charge in [0.15, 0.2) is 11.0 Å². The number of rotatable bonds is 8. The Balaban J connectivity index is 1.55. The number of carbonyl (C=O) groups is 1. The van der Waals surface area contributed by atoms with Crippen LogP contribution in [0.4, 0.5) is 0 Å². The number of aryl methyl sites for hydroxylation is 1. The van der Waals surface area contributed by atoms with Gasteiger partial charge in [-0.25, -0.2) is 0 Å². The van der Waals surface area contributed by atoms with Gasteiger partial charge in [0.05, 0.1) is 23.6 Å². The zero-order valence-corrected chi connectivity index (χ0v) is 18.4. The van der Waals surface area contributed by atoms with Crippen molar-refractivity contribution in [3.63, 3.8) is 0 Å². The van der Waals surface area contributed by atoms with Crippen molar-refractivity contribution < 1.29 is 9.21 Å². The summed E-state index contributed by atoms with van der Waals surface area (Å²) in [5, 5.41) is 12.2. The first-order valence-electron chi connectivity index (χ1n) is 9.80. The summed E-state index contributed by atoms with van der Waals surface area (Å²) in [6, 6.07) is 10.3. The van der Waals surface area contributed by atoms with Crippen LogP contribution in [-0.4, -0.2) is 26.4 Å². The van der Waals surface area contributed by atoms with Crippen molar-refractivity contribution in [3.8, 4) is 11.4 Å². The third-order valence-corrected chi connectivity index (χ3v) is 5.79. The molecular weight excluding hydrogens is 384 g/mol. The molecule has 0 radical (unpaired) electrons. The summed E-state index contributed by atoms with van der Waals surface area (Å²) in [5.41, 5.74) is 3.34. The zero-order chi connectivity index (χ0) is 21.0. The molecule has 2 heterocycles. The van der Waals surface area contributed by atoms with E-state index in [1.165, 1.54) is 17.3 Å². The number of hydrogen-bond acceptors (Lipinski definition) is 5. The first-order chi connectivity index (χ1) is 13.8. The number of hydrogen-bond donors (Lipinski definition) is 1. The van der Waals surface area contributed by atoms with Crippen LogP contribution in [0.2, 0.25) is 0 Å². The molecule has 3 aromatic rings. The van der Waals surface area contributed by atoms with Crippen LogP contribution in [0.5, 0.6) is 0 Å². The standard InChI is InChI=1S/C22H28N4O2S/c1-14(2)12-17-6-8-18(9-7-17)15(3)23-20(27)13-29-22-25-24-21(26(22)5)19-10-11-28-16(19)4/h6-11,14-15H,12-13H2,1-5H3,(H,23,27). The van der Waals surface area contributed by atoms with E-state index in [2.05, 4.69) is 53.6 Å². The molecule has 154 valence electrons. The van der Waals surface area contributed by atoms with Gasteiger partial charge < -0.3 is 14.3 Å². The highest BCUT2D eigenvalue weighted by atomic mass is 32.2. The summed E-state index contributed by atoms with van der Waals surface area (Å²) < 4.78 is 7.22. The molecule has 0 spiro atoms. The van der Waals surface area contributed by atoms with E-state index in [4.69, 9.17) is 4.42 Å². The SMILES string of the molecule is Cc1occc1-c1nnc(SCC(=O)NC(C)c2ccc(CC(C)C)cc2)n1C. The quantitative estimate of drug-likeness (QED) is 0.550. The monoisotopic (exact) mass is 412 g/mol. The molecule has 0 fully saturated rings. The zero-order valence-electron chi connectivity index (χ0n) is 17.6. The van der Waals surface area contributed by atoms with Crippen LogP contribution in [0, 0.1) is 12.8 Å². The highest BCUT2D eigenvalue weighted by molar-refractivity contribution is 7.99. The number of nitrogens with zero attached hydrogens (tertiary/aromatic N) is 3. The Morgan fingerprint density at radius 2 is 1.90 bits per heavy atom. The Labute approximate surface area is 176 Å². The minimum absolute atomic E-state index is 0.0298. The van der Waals surface area contributed by atoms with Crippen molar-refractivity contribution in [2.45, 2.75) is 45.3 Å². The number of nitrogens with one attached hydrogen (secondary N) is 1. The molecule has 6 nitrogen and oxygen atoms in total. The maximum Gasteiger partial charge on any atom is 0.230 e. The van der Waals surface area contributed by atoms with Gasteiger partial charge in [-0.1, -0.05) is 49.9 Å². The normalized spacial score (nSPS) is 12.3. The van der Waals surface area contributed by atoms with Gasteiger partial charge >= 0.3 is 0 Å². The second kappa shape index (κ2) is 9.31. The summed E-state index contributed by atoms with van der Waals surface area (Å²) in [5.74, 6) is 2.41. The number of amides is 1. The van der Waals surface area contributed by atoms with Gasteiger partial charge in [0, 0.05) is 7.05 Å². The lowest BCUT2D eigenvalue weighted by Crippen LogP contribution is -2.28. The lowest BCUT2D eigenvalue weighted by Gasteiger charge is -2.15. The molecule has 1 N–H and O–H groups in total. The van der Waals surface area contributed by atoms with Crippen molar-refractivity contribution in [2.75, 3.05) is 5.75 Å². The fourth-order valence-corrected chi connectivity index (χ4v) is 3.92. The first kappa shape index (κ1) is 21.2. The largest absolute Gasteiger partial charge is 0.469 e. The van der Waals surface area contributed by atoms with Gasteiger partial charge in [0.1, 0.15) is 5.76 Å². The molecule has 1 amide bonds. The van der Waals surface area contributed by atoms with Crippen LogP contribution in [0.1, 0.15) is 43.7 Å². The highest BCUT2D eigenvalue weighted by Gasteiger charge is 2.16. The number of carbonyl (C=O) groups excluding carboxylic acids is 1. The number of aromatic nitrogens is 3. The minimum Gasteiger partial charge on any atom is -0.469 e. The van der Waals surface area contributed by atoms with E-state index in [0.717, 1.165) is 29.1 Å². The first-order valence-corrected chi connectivity index (χ1v) is 10.8. The average Bonchev–Trinajstić information content (AvgIpc) is 3.25. The van der Waals surface area contributed by atoms with E-state index in [1.807, 2.05) is 31.5 Å². The van der Waals surface area contributed by atoms with Gasteiger partial charge in [-0.3, -0.25) is 4.79 Å². The molecule has 0 aliphatic rings. The number of benzene rings is 1. The molecule has 1 unspecified atom stereocenters. The summed E-state index contributed by atoms with van der Waals surface area (Å²) in [6.45, 7) is 8.32. The van der Waals surface area contributed by atoms with E-state index >= 15 is 0 Å². The molecule has 7 heteroatoms. The number of thioether (sulfide) groups is 1. The lowest BCUT2D eigenvalue weighted by molar-refractivity contribution is -0.119. The van der Waals surface area contributed by atoms with E-state index in [1.54, 1.807) is 6.26 Å². The van der Waals surface area contributed by atoms with Crippen molar-refractivity contribution in [2.24, 2.45) is 13.0 Å². The summed E-state index contributed by atoms with van der Waals surface area (Å²) >= 11 is 1.37. The maximum atomic E-state index is 12.4. The van der Waals surface area contributed by atoms with Crippen molar-refractivity contribution in [1.29, 1.82) is 0 Å². The molecule has 0 aliphatic carbocycles. The van der Waals surface area contributed by atoms with Crippen LogP contribution in [0.3, 0.4) is 0 Å². The Kier molecular flexibility index (Phi) is 6.79. The van der Waals surface area contributed by atoms with Gasteiger partial charge in [0.2, 0.25) is 5.91 Å². The molecule has 0 bridgehead atoms. The third-order valence-electron chi connectivity index (χ3n) is 4.77. The minimum atomic E-state index is -0.0418. The predicted molar refractivity (Wildman–Crippen MR) is 116 cm³/mol. The van der Waals surface area contributed by atoms with Crippen molar-refractivity contribution in [3.05, 3.63) is 53.5 Å². The predicted octanol–water partition coefficient (Wildman–Crippen LogP) is 4.55. The molecule has 3 rings (SSSR count). The smallest absolute Gasteiger partial charge is 0.230 e. The molecule has 29 heavy (non-hydrogen) atoms. The molecule has 0 saturated carbocycles. The molecule has 1 atom stereocenters. The van der Waals surface area contributed by atoms with Crippen LogP contribution >= 0.6 is 11.8 Å². The van der Waals surface area contributed by atoms with E-state index in [-0.39, 0.29) is 17.7 Å². The van der Waals surface area contributed by atoms with Crippen molar-refractivity contribution >= 4 is 17.7 Å². The Morgan fingerprint density at radius 1 is 1.17 bits per heavy atom. The fraction of sp³-hybridized carbons (Fsp3) is 0.409. The van der Waals surface area contributed by atoms with Gasteiger partial charge in [0.25, 0.3) is 0 Å². The highest BCUT2D eigenvalue weighted by Crippen LogP contribution is 2.26. The van der Waals surface area contributed by atoms with E-state index in [0.29, 0.717) is 11.1 Å². The third kappa shape index (κ3) is 5.29. The Morgan fingerprint density at radius 3 is 2.52 bits per heavy atom. The van der Waals surface area contributed by atoms with Crippen LogP contribution in [0.15, 0.2) is 46.2 Å². The second-order valence-electron chi connectivity index (χ2n) is 7.67. The number of furan rings is 1. The van der Waals surface area contributed by atoms with E-state index in [9.17, 15) is 4.79 Å². The van der Waals surface area contributed by atoms with Crippen molar-refractivity contribution in [1.82, 2.24) is 20.1 Å². The Hall–Kier alpha value is -2.54. The molecule has 0 aliphatic heterocycles. The molecule has 2 aromatic heterocycles. The fourth-order valence-electron chi connectivity index (χ4n) is 3.20. The topological polar surface area (TPSA) is 72.9 Å². The van der Waals surface area contributed by atoms with Crippen LogP contribution in [-0.2, 0) is 18.3 Å². The molecular formula is C22H28N4O2S. The van der Waals surface area contributed by atoms with Crippen LogP contribution in [0.25, 0.3) is 11.4 Å². The average molecular weight is 413 g/mol. The molecule has 1 aromatic carbocycles. The second-order valence-corrected chi connectivity index (χ2v) is 8.62. The summed E-state index contributed by atoms with van der Waals surface area (Å²) in [7, 11) is 1.89. The van der Waals surface area contributed by atoms with Gasteiger partial charge in [-0.2, -0.15) is 0 Å².